The third kappa shape index (κ3) is 5.77. The number of hydrogen-bond acceptors (Lipinski definition) is 3. The number of aromatic nitrogens is 2. The standard InChI is InChI=1S/C38H48N4O2/c1-24-18-25(2)20-29(19-24)35-34(26(3)22-39-16-15-28-8-7-17-41(6)36(28)43)32-21-30(11-14-33(32)40-35)38(4,5)37(44)42-23-27-9-12-31(42)13-10-27/h7-8,11,14,17-21,26-27,31,39-40H,9-10,12-13,15-16,22-23H2,1-6H3/t26-,27?,31?/m1/s1. The Morgan fingerprint density at radius 2 is 1.77 bits per heavy atom. The van der Waals surface area contributed by atoms with Gasteiger partial charge in [-0.25, -0.2) is 0 Å². The van der Waals surface area contributed by atoms with Crippen molar-refractivity contribution < 1.29 is 4.79 Å². The second-order valence-electron chi connectivity index (χ2n) is 14.1. The fraction of sp³-hybridized carbons (Fsp3) is 0.474. The maximum Gasteiger partial charge on any atom is 0.253 e. The van der Waals surface area contributed by atoms with Crippen molar-refractivity contribution in [1.82, 2.24) is 19.8 Å². The van der Waals surface area contributed by atoms with Gasteiger partial charge in [0, 0.05) is 48.8 Å². The van der Waals surface area contributed by atoms with Crippen molar-refractivity contribution in [1.29, 1.82) is 0 Å². The molecule has 3 fully saturated rings. The zero-order chi connectivity index (χ0) is 31.2. The van der Waals surface area contributed by atoms with E-state index in [0.717, 1.165) is 54.8 Å². The molecule has 2 aromatic heterocycles. The Labute approximate surface area is 261 Å². The van der Waals surface area contributed by atoms with Gasteiger partial charge in [-0.05, 0) is 125 Å². The Hall–Kier alpha value is -3.64. The topological polar surface area (TPSA) is 70.1 Å². The number of hydrogen-bond donors (Lipinski definition) is 2. The summed E-state index contributed by atoms with van der Waals surface area (Å²) in [6.45, 7) is 13.2. The summed E-state index contributed by atoms with van der Waals surface area (Å²) in [5.74, 6) is 1.13. The van der Waals surface area contributed by atoms with Crippen molar-refractivity contribution in [3.8, 4) is 11.3 Å². The van der Waals surface area contributed by atoms with Crippen LogP contribution in [0.25, 0.3) is 22.2 Å². The molecule has 2 N–H and O–H groups in total. The Kier molecular flexibility index (Phi) is 8.31. The number of fused-ring (bicyclic) bond motifs is 4. The van der Waals surface area contributed by atoms with Crippen LogP contribution in [0.5, 0.6) is 0 Å². The summed E-state index contributed by atoms with van der Waals surface area (Å²) in [7, 11) is 1.80. The molecule has 7 rings (SSSR count). The Balaban J connectivity index is 1.32. The molecule has 1 atom stereocenters. The molecule has 2 saturated heterocycles. The first-order chi connectivity index (χ1) is 21.0. The average molecular weight is 593 g/mol. The summed E-state index contributed by atoms with van der Waals surface area (Å²) in [6.07, 6.45) is 7.32. The SMILES string of the molecule is Cc1cc(C)cc(-c2[nH]c3ccc(C(C)(C)C(=O)N4CC5CCC4CC5)cc3c2[C@H](C)CNCCc2cccn(C)c2=O)c1. The normalized spacial score (nSPS) is 19.1. The lowest BCUT2D eigenvalue weighted by Gasteiger charge is -2.47. The minimum atomic E-state index is -0.607. The number of rotatable bonds is 9. The van der Waals surface area contributed by atoms with Crippen LogP contribution in [0.4, 0.5) is 0 Å². The van der Waals surface area contributed by atoms with E-state index in [4.69, 9.17) is 0 Å². The average Bonchev–Trinajstić information content (AvgIpc) is 3.40. The quantitative estimate of drug-likeness (QED) is 0.211. The van der Waals surface area contributed by atoms with E-state index in [9.17, 15) is 9.59 Å². The maximum absolute atomic E-state index is 14.1. The van der Waals surface area contributed by atoms with Crippen molar-refractivity contribution in [3.63, 3.8) is 0 Å². The van der Waals surface area contributed by atoms with Gasteiger partial charge in [-0.1, -0.05) is 36.2 Å². The first kappa shape index (κ1) is 30.4. The van der Waals surface area contributed by atoms with E-state index in [1.54, 1.807) is 17.8 Å². The molecule has 6 heteroatoms. The summed E-state index contributed by atoms with van der Waals surface area (Å²) in [4.78, 5) is 32.6. The predicted octanol–water partition coefficient (Wildman–Crippen LogP) is 6.76. The fourth-order valence-corrected chi connectivity index (χ4v) is 7.75. The lowest BCUT2D eigenvalue weighted by Crippen LogP contribution is -2.55. The van der Waals surface area contributed by atoms with Crippen LogP contribution in [0.15, 0.2) is 59.5 Å². The molecule has 44 heavy (non-hydrogen) atoms. The smallest absolute Gasteiger partial charge is 0.253 e. The molecular formula is C38H48N4O2. The molecule has 0 radical (unpaired) electrons. The highest BCUT2D eigenvalue weighted by Gasteiger charge is 2.42. The zero-order valence-corrected chi connectivity index (χ0v) is 27.3. The van der Waals surface area contributed by atoms with Gasteiger partial charge in [0.05, 0.1) is 11.1 Å². The Bertz CT molecular complexity index is 1720. The first-order valence-electron chi connectivity index (χ1n) is 16.4. The van der Waals surface area contributed by atoms with Gasteiger partial charge in [-0.2, -0.15) is 0 Å². The number of piperidine rings is 2. The van der Waals surface area contributed by atoms with Gasteiger partial charge in [0.1, 0.15) is 0 Å². The minimum Gasteiger partial charge on any atom is -0.354 e. The molecule has 0 unspecified atom stereocenters. The molecule has 0 spiro atoms. The van der Waals surface area contributed by atoms with Crippen LogP contribution in [0.2, 0.25) is 0 Å². The third-order valence-electron chi connectivity index (χ3n) is 10.3. The van der Waals surface area contributed by atoms with E-state index in [1.165, 1.54) is 40.5 Å². The highest BCUT2D eigenvalue weighted by molar-refractivity contribution is 5.94. The van der Waals surface area contributed by atoms with Gasteiger partial charge < -0.3 is 19.8 Å². The molecule has 3 aliphatic rings. The molecule has 2 aliphatic heterocycles. The molecule has 1 aliphatic carbocycles. The molecule has 232 valence electrons. The number of carbonyl (C=O) groups is 1. The molecular weight excluding hydrogens is 544 g/mol. The van der Waals surface area contributed by atoms with Crippen LogP contribution in [0.1, 0.15) is 80.2 Å². The third-order valence-corrected chi connectivity index (χ3v) is 10.3. The number of carbonyl (C=O) groups excluding carboxylic acids is 1. The van der Waals surface area contributed by atoms with Crippen LogP contribution in [-0.4, -0.2) is 46.0 Å². The van der Waals surface area contributed by atoms with E-state index in [1.807, 2.05) is 12.1 Å². The zero-order valence-electron chi connectivity index (χ0n) is 27.3. The number of H-pyrrole nitrogens is 1. The molecule has 6 nitrogen and oxygen atoms in total. The highest BCUT2D eigenvalue weighted by atomic mass is 16.2. The van der Waals surface area contributed by atoms with Crippen LogP contribution in [0, 0.1) is 19.8 Å². The van der Waals surface area contributed by atoms with Gasteiger partial charge in [0.25, 0.3) is 5.56 Å². The number of amides is 1. The van der Waals surface area contributed by atoms with Crippen LogP contribution in [0.3, 0.4) is 0 Å². The number of aryl methyl sites for hydroxylation is 3. The number of nitrogens with zero attached hydrogens (tertiary/aromatic N) is 2. The van der Waals surface area contributed by atoms with Crippen LogP contribution < -0.4 is 10.9 Å². The van der Waals surface area contributed by atoms with Crippen molar-refractivity contribution >= 4 is 16.8 Å². The Morgan fingerprint density at radius 1 is 1.05 bits per heavy atom. The second-order valence-corrected chi connectivity index (χ2v) is 14.1. The molecule has 1 saturated carbocycles. The van der Waals surface area contributed by atoms with Crippen molar-refractivity contribution in [2.75, 3.05) is 19.6 Å². The molecule has 4 heterocycles. The van der Waals surface area contributed by atoms with Crippen molar-refractivity contribution in [2.45, 2.75) is 84.1 Å². The maximum atomic E-state index is 14.1. The van der Waals surface area contributed by atoms with Gasteiger partial charge in [0.2, 0.25) is 5.91 Å². The first-order valence-corrected chi connectivity index (χ1v) is 16.4. The van der Waals surface area contributed by atoms with Crippen LogP contribution in [-0.2, 0) is 23.7 Å². The summed E-state index contributed by atoms with van der Waals surface area (Å²) < 4.78 is 1.64. The number of benzene rings is 2. The number of pyridine rings is 1. The van der Waals surface area contributed by atoms with Crippen molar-refractivity contribution in [3.05, 3.63) is 92.9 Å². The summed E-state index contributed by atoms with van der Waals surface area (Å²) >= 11 is 0. The summed E-state index contributed by atoms with van der Waals surface area (Å²) in [6, 6.07) is 17.6. The minimum absolute atomic E-state index is 0.0677. The Morgan fingerprint density at radius 3 is 2.45 bits per heavy atom. The van der Waals surface area contributed by atoms with E-state index in [2.05, 4.69) is 86.2 Å². The van der Waals surface area contributed by atoms with Gasteiger partial charge >= 0.3 is 0 Å². The molecule has 2 aromatic carbocycles. The number of nitrogens with one attached hydrogen (secondary N) is 2. The molecule has 2 bridgehead atoms. The van der Waals surface area contributed by atoms with Gasteiger partial charge in [0.15, 0.2) is 0 Å². The van der Waals surface area contributed by atoms with E-state index >= 15 is 0 Å². The largest absolute Gasteiger partial charge is 0.354 e. The lowest BCUT2D eigenvalue weighted by molar-refractivity contribution is -0.144. The van der Waals surface area contributed by atoms with E-state index in [0.29, 0.717) is 18.4 Å². The van der Waals surface area contributed by atoms with E-state index in [-0.39, 0.29) is 17.4 Å². The summed E-state index contributed by atoms with van der Waals surface area (Å²) in [5, 5.41) is 4.82. The van der Waals surface area contributed by atoms with E-state index < -0.39 is 5.41 Å². The monoisotopic (exact) mass is 592 g/mol. The fourth-order valence-electron chi connectivity index (χ4n) is 7.75. The summed E-state index contributed by atoms with van der Waals surface area (Å²) in [5.41, 5.74) is 8.55. The lowest BCUT2D eigenvalue weighted by atomic mass is 9.76. The predicted molar refractivity (Wildman–Crippen MR) is 180 cm³/mol. The second kappa shape index (κ2) is 12.0. The van der Waals surface area contributed by atoms with Gasteiger partial charge in [-0.15, -0.1) is 0 Å². The molecule has 1 amide bonds. The highest BCUT2D eigenvalue weighted by Crippen LogP contribution is 2.41. The van der Waals surface area contributed by atoms with Crippen molar-refractivity contribution in [2.24, 2.45) is 13.0 Å². The van der Waals surface area contributed by atoms with Crippen LogP contribution >= 0.6 is 0 Å². The van der Waals surface area contributed by atoms with Gasteiger partial charge in [-0.3, -0.25) is 9.59 Å². The number of aromatic amines is 1. The molecule has 4 aromatic rings.